The largest absolute Gasteiger partial charge is 0.492 e. The van der Waals surface area contributed by atoms with Crippen molar-refractivity contribution in [1.82, 2.24) is 9.21 Å². The zero-order valence-corrected chi connectivity index (χ0v) is 15.5. The topological polar surface area (TPSA) is 49.9 Å². The molecule has 136 valence electrons. The molecular weight excluding hydrogens is 331 g/mol. The number of sulfonamides is 1. The average molecular weight is 358 g/mol. The lowest BCUT2D eigenvalue weighted by Crippen LogP contribution is -2.51. The van der Waals surface area contributed by atoms with Gasteiger partial charge in [-0.1, -0.05) is 20.8 Å². The summed E-state index contributed by atoms with van der Waals surface area (Å²) < 4.78 is 44.5. The first kappa shape index (κ1) is 19.1. The molecule has 2 rings (SSSR count). The molecule has 0 aliphatic carbocycles. The molecule has 0 spiro atoms. The standard InChI is InChI=1S/C17H27FN2O3S/c1-17(2,3)14-19-8-10-20(11-9-19)24(21,22)13-12-23-16-6-4-15(18)5-7-16/h4-7H,8-14H2,1-3H3. The van der Waals surface area contributed by atoms with Gasteiger partial charge in [-0.3, -0.25) is 0 Å². The maximum atomic E-state index is 12.8. The highest BCUT2D eigenvalue weighted by molar-refractivity contribution is 7.89. The van der Waals surface area contributed by atoms with Crippen molar-refractivity contribution < 1.29 is 17.5 Å². The summed E-state index contributed by atoms with van der Waals surface area (Å²) in [6.07, 6.45) is 0. The first-order valence-corrected chi connectivity index (χ1v) is 9.85. The van der Waals surface area contributed by atoms with Crippen molar-refractivity contribution in [3.8, 4) is 5.75 Å². The quantitative estimate of drug-likeness (QED) is 0.782. The van der Waals surface area contributed by atoms with Crippen LogP contribution in [0.5, 0.6) is 5.75 Å². The number of hydrogen-bond donors (Lipinski definition) is 0. The maximum absolute atomic E-state index is 12.8. The minimum atomic E-state index is -3.32. The highest BCUT2D eigenvalue weighted by Crippen LogP contribution is 2.17. The number of benzene rings is 1. The van der Waals surface area contributed by atoms with Gasteiger partial charge in [-0.05, 0) is 29.7 Å². The van der Waals surface area contributed by atoms with Crippen molar-refractivity contribution in [1.29, 1.82) is 0 Å². The van der Waals surface area contributed by atoms with E-state index in [0.717, 1.165) is 19.6 Å². The number of piperazine rings is 1. The predicted molar refractivity (Wildman–Crippen MR) is 93.1 cm³/mol. The van der Waals surface area contributed by atoms with E-state index in [1.54, 1.807) is 4.31 Å². The summed E-state index contributed by atoms with van der Waals surface area (Å²) in [6.45, 7) is 10.1. The molecule has 24 heavy (non-hydrogen) atoms. The van der Waals surface area contributed by atoms with Crippen LogP contribution in [0.3, 0.4) is 0 Å². The Balaban J connectivity index is 1.78. The van der Waals surface area contributed by atoms with Crippen LogP contribution < -0.4 is 4.74 Å². The zero-order chi connectivity index (χ0) is 17.8. The van der Waals surface area contributed by atoms with E-state index in [-0.39, 0.29) is 23.6 Å². The van der Waals surface area contributed by atoms with Gasteiger partial charge in [-0.15, -0.1) is 0 Å². The highest BCUT2D eigenvalue weighted by atomic mass is 32.2. The molecule has 1 aromatic carbocycles. The van der Waals surface area contributed by atoms with Gasteiger partial charge in [0.2, 0.25) is 10.0 Å². The summed E-state index contributed by atoms with van der Waals surface area (Å²) >= 11 is 0. The highest BCUT2D eigenvalue weighted by Gasteiger charge is 2.28. The third-order valence-corrected chi connectivity index (χ3v) is 5.68. The summed E-state index contributed by atoms with van der Waals surface area (Å²) in [7, 11) is -3.32. The molecule has 0 saturated carbocycles. The van der Waals surface area contributed by atoms with Crippen molar-refractivity contribution in [2.75, 3.05) is 45.1 Å². The molecule has 1 aliphatic heterocycles. The Hall–Kier alpha value is -1.18. The molecule has 0 amide bonds. The van der Waals surface area contributed by atoms with Gasteiger partial charge in [0, 0.05) is 32.7 Å². The molecule has 1 saturated heterocycles. The van der Waals surface area contributed by atoms with Gasteiger partial charge < -0.3 is 9.64 Å². The Bertz CT molecular complexity index is 618. The number of ether oxygens (including phenoxy) is 1. The van der Waals surface area contributed by atoms with E-state index in [2.05, 4.69) is 25.7 Å². The second-order valence-electron chi connectivity index (χ2n) is 7.35. The lowest BCUT2D eigenvalue weighted by atomic mass is 9.96. The summed E-state index contributed by atoms with van der Waals surface area (Å²) in [5, 5.41) is 0. The Morgan fingerprint density at radius 2 is 1.67 bits per heavy atom. The van der Waals surface area contributed by atoms with Crippen LogP contribution in [0.15, 0.2) is 24.3 Å². The molecule has 1 heterocycles. The second-order valence-corrected chi connectivity index (χ2v) is 9.44. The first-order valence-electron chi connectivity index (χ1n) is 8.24. The van der Waals surface area contributed by atoms with E-state index in [1.165, 1.54) is 24.3 Å². The normalized spacial score (nSPS) is 17.8. The van der Waals surface area contributed by atoms with Crippen molar-refractivity contribution >= 4 is 10.0 Å². The smallest absolute Gasteiger partial charge is 0.217 e. The summed E-state index contributed by atoms with van der Waals surface area (Å²) in [6, 6.07) is 5.57. The average Bonchev–Trinajstić information content (AvgIpc) is 2.48. The predicted octanol–water partition coefficient (Wildman–Crippen LogP) is 2.20. The van der Waals surface area contributed by atoms with E-state index >= 15 is 0 Å². The minimum Gasteiger partial charge on any atom is -0.492 e. The van der Waals surface area contributed by atoms with Gasteiger partial charge in [-0.2, -0.15) is 4.31 Å². The second kappa shape index (κ2) is 7.80. The maximum Gasteiger partial charge on any atom is 0.217 e. The molecular formula is C17H27FN2O3S. The fourth-order valence-corrected chi connectivity index (χ4v) is 4.03. The van der Waals surface area contributed by atoms with E-state index in [9.17, 15) is 12.8 Å². The molecule has 0 unspecified atom stereocenters. The summed E-state index contributed by atoms with van der Waals surface area (Å²) in [4.78, 5) is 2.31. The molecule has 0 aromatic heterocycles. The van der Waals surface area contributed by atoms with Crippen molar-refractivity contribution in [2.24, 2.45) is 5.41 Å². The third kappa shape index (κ3) is 6.03. The van der Waals surface area contributed by atoms with Gasteiger partial charge in [0.05, 0.1) is 5.75 Å². The van der Waals surface area contributed by atoms with Gasteiger partial charge in [0.1, 0.15) is 18.2 Å². The molecule has 0 bridgehead atoms. The summed E-state index contributed by atoms with van der Waals surface area (Å²) in [5.41, 5.74) is 0.212. The van der Waals surface area contributed by atoms with Crippen molar-refractivity contribution in [3.63, 3.8) is 0 Å². The SMILES string of the molecule is CC(C)(C)CN1CCN(S(=O)(=O)CCOc2ccc(F)cc2)CC1. The molecule has 0 atom stereocenters. The lowest BCUT2D eigenvalue weighted by Gasteiger charge is -2.37. The van der Waals surface area contributed by atoms with Crippen molar-refractivity contribution in [3.05, 3.63) is 30.1 Å². The van der Waals surface area contributed by atoms with Gasteiger partial charge >= 0.3 is 0 Å². The number of halogens is 1. The monoisotopic (exact) mass is 358 g/mol. The fourth-order valence-electron chi connectivity index (χ4n) is 2.76. The Morgan fingerprint density at radius 3 is 2.21 bits per heavy atom. The van der Waals surface area contributed by atoms with E-state index in [1.807, 2.05) is 0 Å². The van der Waals surface area contributed by atoms with Gasteiger partial charge in [0.25, 0.3) is 0 Å². The van der Waals surface area contributed by atoms with Crippen LogP contribution in [0.2, 0.25) is 0 Å². The fraction of sp³-hybridized carbons (Fsp3) is 0.647. The molecule has 7 heteroatoms. The molecule has 0 N–H and O–H groups in total. The number of rotatable bonds is 6. The summed E-state index contributed by atoms with van der Waals surface area (Å²) in [5.74, 6) is 0.0635. The van der Waals surface area contributed by atoms with Crippen LogP contribution in [-0.2, 0) is 10.0 Å². The first-order chi connectivity index (χ1) is 11.2. The van der Waals surface area contributed by atoms with E-state index in [4.69, 9.17) is 4.74 Å². The minimum absolute atomic E-state index is 0.0656. The molecule has 5 nitrogen and oxygen atoms in total. The van der Waals surface area contributed by atoms with Gasteiger partial charge in [-0.25, -0.2) is 12.8 Å². The van der Waals surface area contributed by atoms with E-state index in [0.29, 0.717) is 18.8 Å². The van der Waals surface area contributed by atoms with Crippen LogP contribution in [0.4, 0.5) is 4.39 Å². The molecule has 1 fully saturated rings. The Morgan fingerprint density at radius 1 is 1.08 bits per heavy atom. The van der Waals surface area contributed by atoms with Crippen molar-refractivity contribution in [2.45, 2.75) is 20.8 Å². The lowest BCUT2D eigenvalue weighted by molar-refractivity contribution is 0.140. The Kier molecular flexibility index (Phi) is 6.22. The molecule has 1 aliphatic rings. The van der Waals surface area contributed by atoms with Crippen LogP contribution in [0.1, 0.15) is 20.8 Å². The molecule has 1 aromatic rings. The zero-order valence-electron chi connectivity index (χ0n) is 14.7. The van der Waals surface area contributed by atoms with Crippen LogP contribution in [0.25, 0.3) is 0 Å². The third-order valence-electron chi connectivity index (χ3n) is 3.85. The Labute approximate surface area is 144 Å². The van der Waals surface area contributed by atoms with Crippen LogP contribution in [-0.4, -0.2) is 62.7 Å². The number of nitrogens with zero attached hydrogens (tertiary/aromatic N) is 2. The van der Waals surface area contributed by atoms with Crippen LogP contribution in [0, 0.1) is 11.2 Å². The van der Waals surface area contributed by atoms with Gasteiger partial charge in [0.15, 0.2) is 0 Å². The van der Waals surface area contributed by atoms with E-state index < -0.39 is 10.0 Å². The molecule has 0 radical (unpaired) electrons. The van der Waals surface area contributed by atoms with Crippen LogP contribution >= 0.6 is 0 Å². The number of hydrogen-bond acceptors (Lipinski definition) is 4.